The van der Waals surface area contributed by atoms with E-state index in [1.54, 1.807) is 36.7 Å². The van der Waals surface area contributed by atoms with E-state index < -0.39 is 0 Å². The maximum absolute atomic E-state index is 10.1. The van der Waals surface area contributed by atoms with Crippen molar-refractivity contribution in [2.24, 2.45) is 9.98 Å². The second-order valence-corrected chi connectivity index (χ2v) is 8.12. The molecule has 0 aromatic heterocycles. The topological polar surface area (TPSA) is 92.5 Å². The van der Waals surface area contributed by atoms with Gasteiger partial charge in [-0.15, -0.1) is 0 Å². The van der Waals surface area contributed by atoms with Crippen LogP contribution in [0.2, 0.25) is 0 Å². The molecule has 1 radical (unpaired) electrons. The van der Waals surface area contributed by atoms with E-state index in [1.807, 2.05) is 12.1 Å². The monoisotopic (exact) mass is 507 g/mol. The van der Waals surface area contributed by atoms with Gasteiger partial charge in [-0.1, -0.05) is 0 Å². The number of phenolic OH excluding ortho intramolecular Hbond substituents is 2. The molecule has 0 fully saturated rings. The molecule has 0 aliphatic heterocycles. The number of aliphatic imine (C=N–C) groups is 2. The van der Waals surface area contributed by atoms with Crippen molar-refractivity contribution in [2.45, 2.75) is 0 Å². The molecule has 0 aliphatic carbocycles. The first kappa shape index (κ1) is 28.5. The minimum Gasteiger partial charge on any atom is -0.507 e. The Hall–Kier alpha value is -2.58. The summed E-state index contributed by atoms with van der Waals surface area (Å²) in [5.41, 5.74) is 1.26. The maximum atomic E-state index is 10.1. The van der Waals surface area contributed by atoms with E-state index in [1.165, 1.54) is 9.80 Å². The fourth-order valence-electron chi connectivity index (χ4n) is 2.63. The molecule has 0 atom stereocenters. The fourth-order valence-corrected chi connectivity index (χ4v) is 2.63. The molecule has 0 unspecified atom stereocenters. The van der Waals surface area contributed by atoms with Crippen LogP contribution in [-0.2, 0) is 17.1 Å². The van der Waals surface area contributed by atoms with Gasteiger partial charge in [0, 0.05) is 52.8 Å². The SMILES string of the molecule is C[NH+](C)CCOc1ccc(C=NCCN=Cc2ccc(OCC[NH+](C)C)cc2O)c(O)c1.[Cu]. The predicted molar refractivity (Wildman–Crippen MR) is 127 cm³/mol. The molecule has 0 aliphatic rings. The third-order valence-electron chi connectivity index (χ3n) is 4.56. The van der Waals surface area contributed by atoms with Gasteiger partial charge in [0.2, 0.25) is 0 Å². The fraction of sp³-hybridized carbons (Fsp3) is 0.417. The molecular formula is C24H36CuN4O4+2. The molecule has 0 bridgehead atoms. The third kappa shape index (κ3) is 11.2. The third-order valence-corrected chi connectivity index (χ3v) is 4.56. The van der Waals surface area contributed by atoms with Crippen molar-refractivity contribution in [2.75, 3.05) is 67.6 Å². The van der Waals surface area contributed by atoms with E-state index in [0.717, 1.165) is 13.1 Å². The molecule has 0 amide bonds. The molecule has 0 heterocycles. The van der Waals surface area contributed by atoms with E-state index in [9.17, 15) is 10.2 Å². The second-order valence-electron chi connectivity index (χ2n) is 8.12. The van der Waals surface area contributed by atoms with Crippen molar-refractivity contribution in [3.63, 3.8) is 0 Å². The molecule has 2 aromatic carbocycles. The number of hydrogen-bond donors (Lipinski definition) is 4. The summed E-state index contributed by atoms with van der Waals surface area (Å²) in [5.74, 6) is 1.54. The summed E-state index contributed by atoms with van der Waals surface area (Å²) >= 11 is 0. The van der Waals surface area contributed by atoms with Crippen LogP contribution < -0.4 is 19.3 Å². The Balaban J connectivity index is 0.00000544. The van der Waals surface area contributed by atoms with Gasteiger partial charge in [0.25, 0.3) is 0 Å². The van der Waals surface area contributed by atoms with Crippen molar-refractivity contribution in [1.82, 2.24) is 0 Å². The van der Waals surface area contributed by atoms with Crippen molar-refractivity contribution in [3.8, 4) is 23.0 Å². The number of rotatable bonds is 13. The molecule has 33 heavy (non-hydrogen) atoms. The first-order chi connectivity index (χ1) is 15.3. The minimum atomic E-state index is 0. The molecular weight excluding hydrogens is 472 g/mol. The van der Waals surface area contributed by atoms with Gasteiger partial charge in [-0.3, -0.25) is 9.98 Å². The average Bonchev–Trinajstić information content (AvgIpc) is 2.72. The molecule has 2 rings (SSSR count). The van der Waals surface area contributed by atoms with Crippen LogP contribution in [0.4, 0.5) is 0 Å². The van der Waals surface area contributed by atoms with E-state index in [-0.39, 0.29) is 28.6 Å². The Labute approximate surface area is 207 Å². The van der Waals surface area contributed by atoms with Crippen LogP contribution in [0.25, 0.3) is 0 Å². The largest absolute Gasteiger partial charge is 0.507 e. The summed E-state index contributed by atoms with van der Waals surface area (Å²) in [4.78, 5) is 11.2. The summed E-state index contributed by atoms with van der Waals surface area (Å²) in [6, 6.07) is 10.4. The zero-order valence-corrected chi connectivity index (χ0v) is 20.7. The van der Waals surface area contributed by atoms with Gasteiger partial charge >= 0.3 is 0 Å². The Morgan fingerprint density at radius 2 is 1.12 bits per heavy atom. The standard InChI is InChI=1S/C24H34N4O4.Cu/c1-27(2)11-13-31-21-7-5-19(23(29)15-21)17-25-9-10-26-18-20-6-8-22(16-24(20)30)32-14-12-28(3)4;/h5-8,15-18,29-30H,9-14H2,1-4H3;/p+2. The number of ether oxygens (including phenoxy) is 2. The Kier molecular flexibility index (Phi) is 13.2. The smallest absolute Gasteiger partial charge is 0.137 e. The van der Waals surface area contributed by atoms with Gasteiger partial charge in [-0.25, -0.2) is 0 Å². The molecule has 185 valence electrons. The van der Waals surface area contributed by atoms with Crippen LogP contribution in [0, 0.1) is 0 Å². The van der Waals surface area contributed by atoms with E-state index >= 15 is 0 Å². The van der Waals surface area contributed by atoms with E-state index in [2.05, 4.69) is 38.2 Å². The summed E-state index contributed by atoms with van der Waals surface area (Å²) in [6.45, 7) is 3.89. The maximum Gasteiger partial charge on any atom is 0.137 e. The number of likely N-dealkylation sites (N-methyl/N-ethyl adjacent to an activating group) is 2. The summed E-state index contributed by atoms with van der Waals surface area (Å²) in [6.07, 6.45) is 3.25. The number of nitrogens with one attached hydrogen (secondary N) is 2. The zero-order chi connectivity index (χ0) is 23.3. The normalized spacial score (nSPS) is 11.5. The molecule has 2 aromatic rings. The van der Waals surface area contributed by atoms with Gasteiger partial charge < -0.3 is 29.5 Å². The Morgan fingerprint density at radius 3 is 1.45 bits per heavy atom. The minimum absolute atomic E-state index is 0. The van der Waals surface area contributed by atoms with E-state index in [4.69, 9.17) is 9.47 Å². The van der Waals surface area contributed by atoms with Crippen LogP contribution in [0.3, 0.4) is 0 Å². The molecule has 9 heteroatoms. The van der Waals surface area contributed by atoms with Crippen molar-refractivity contribution >= 4 is 12.4 Å². The van der Waals surface area contributed by atoms with Gasteiger partial charge in [0.15, 0.2) is 0 Å². The van der Waals surface area contributed by atoms with Crippen LogP contribution >= 0.6 is 0 Å². The van der Waals surface area contributed by atoms with Crippen molar-refractivity contribution in [3.05, 3.63) is 47.5 Å². The summed E-state index contributed by atoms with van der Waals surface area (Å²) < 4.78 is 11.2. The van der Waals surface area contributed by atoms with Gasteiger partial charge in [0.1, 0.15) is 49.3 Å². The molecule has 0 saturated carbocycles. The van der Waals surface area contributed by atoms with Crippen LogP contribution in [0.5, 0.6) is 23.0 Å². The number of quaternary nitrogens is 2. The van der Waals surface area contributed by atoms with Gasteiger partial charge in [-0.2, -0.15) is 0 Å². The molecule has 0 spiro atoms. The van der Waals surface area contributed by atoms with Crippen molar-refractivity contribution < 1.29 is 46.6 Å². The Morgan fingerprint density at radius 1 is 0.727 bits per heavy atom. The summed E-state index contributed by atoms with van der Waals surface area (Å²) in [5, 5.41) is 20.3. The number of hydrogen-bond acceptors (Lipinski definition) is 6. The van der Waals surface area contributed by atoms with E-state index in [0.29, 0.717) is 48.9 Å². The first-order valence-corrected chi connectivity index (χ1v) is 10.8. The van der Waals surface area contributed by atoms with Gasteiger partial charge in [-0.05, 0) is 24.3 Å². The predicted octanol–water partition coefficient (Wildman–Crippen LogP) is -0.320. The number of aromatic hydroxyl groups is 2. The summed E-state index contributed by atoms with van der Waals surface area (Å²) in [7, 11) is 8.25. The number of nitrogens with zero attached hydrogens (tertiary/aromatic N) is 2. The van der Waals surface area contributed by atoms with Crippen LogP contribution in [0.1, 0.15) is 11.1 Å². The zero-order valence-electron chi connectivity index (χ0n) is 19.8. The Bertz CT molecular complexity index is 831. The number of benzene rings is 2. The number of phenols is 2. The first-order valence-electron chi connectivity index (χ1n) is 10.8. The molecule has 4 N–H and O–H groups in total. The van der Waals surface area contributed by atoms with Crippen molar-refractivity contribution in [1.29, 1.82) is 0 Å². The molecule has 0 saturated heterocycles. The van der Waals surface area contributed by atoms with Gasteiger partial charge in [0.05, 0.1) is 41.3 Å². The average molecular weight is 508 g/mol. The van der Waals surface area contributed by atoms with Crippen LogP contribution in [-0.4, -0.2) is 90.2 Å². The molecule has 8 nitrogen and oxygen atoms in total. The second kappa shape index (κ2) is 15.3. The quantitative estimate of drug-likeness (QED) is 0.170. The van der Waals surface area contributed by atoms with Crippen LogP contribution in [0.15, 0.2) is 46.4 Å².